The third-order valence-corrected chi connectivity index (χ3v) is 3.66. The smallest absolute Gasteiger partial charge is 0.135 e. The molecule has 0 saturated heterocycles. The van der Waals surface area contributed by atoms with Gasteiger partial charge in [0.2, 0.25) is 0 Å². The van der Waals surface area contributed by atoms with Gasteiger partial charge in [0.15, 0.2) is 0 Å². The van der Waals surface area contributed by atoms with Gasteiger partial charge in [-0.3, -0.25) is 0 Å². The van der Waals surface area contributed by atoms with Crippen LogP contribution < -0.4 is 4.74 Å². The van der Waals surface area contributed by atoms with Gasteiger partial charge in [-0.25, -0.2) is 0 Å². The Labute approximate surface area is 139 Å². The van der Waals surface area contributed by atoms with E-state index in [-0.39, 0.29) is 0 Å². The van der Waals surface area contributed by atoms with Gasteiger partial charge in [-0.15, -0.1) is 11.6 Å². The molecular weight excluding hydrogens is 327 g/mol. The van der Waals surface area contributed by atoms with Crippen LogP contribution in [-0.2, 0) is 6.61 Å². The highest BCUT2D eigenvalue weighted by Crippen LogP contribution is 2.26. The second-order valence-corrected chi connectivity index (χ2v) is 5.42. The summed E-state index contributed by atoms with van der Waals surface area (Å²) in [5.74, 6) is 7.28. The van der Waals surface area contributed by atoms with Crippen LogP contribution in [0.25, 0.3) is 0 Å². The third-order valence-electron chi connectivity index (χ3n) is 2.76. The van der Waals surface area contributed by atoms with Crippen LogP contribution in [0, 0.1) is 11.8 Å². The zero-order chi connectivity index (χ0) is 15.1. The fourth-order valence-electron chi connectivity index (χ4n) is 1.72. The Kier molecular flexibility index (Phi) is 6.26. The van der Waals surface area contributed by atoms with Crippen molar-refractivity contribution in [2.75, 3.05) is 5.88 Å². The molecule has 108 valence electrons. The summed E-state index contributed by atoms with van der Waals surface area (Å²) in [6.45, 7) is 0.298. The average Bonchev–Trinajstić information content (AvgIpc) is 2.48. The summed E-state index contributed by atoms with van der Waals surface area (Å²) < 4.78 is 5.81. The van der Waals surface area contributed by atoms with Crippen molar-refractivity contribution in [1.29, 1.82) is 0 Å². The summed E-state index contributed by atoms with van der Waals surface area (Å²) in [6.07, 6.45) is 0.645. The van der Waals surface area contributed by atoms with Gasteiger partial charge in [-0.05, 0) is 24.3 Å². The fourth-order valence-corrected chi connectivity index (χ4v) is 2.32. The van der Waals surface area contributed by atoms with Crippen molar-refractivity contribution >= 4 is 34.8 Å². The Morgan fingerprint density at radius 3 is 2.38 bits per heavy atom. The first-order chi connectivity index (χ1) is 10.2. The van der Waals surface area contributed by atoms with Gasteiger partial charge in [-0.1, -0.05) is 53.2 Å². The molecule has 2 aromatic carbocycles. The summed E-state index contributed by atoms with van der Waals surface area (Å²) in [6, 6.07) is 13.0. The molecule has 0 bridgehead atoms. The zero-order valence-electron chi connectivity index (χ0n) is 11.2. The first-order valence-electron chi connectivity index (χ1n) is 6.42. The monoisotopic (exact) mass is 338 g/mol. The molecule has 0 unspecified atom stereocenters. The van der Waals surface area contributed by atoms with Crippen LogP contribution in [0.4, 0.5) is 0 Å². The topological polar surface area (TPSA) is 9.23 Å². The second-order valence-electron chi connectivity index (χ2n) is 4.23. The highest BCUT2D eigenvalue weighted by Gasteiger charge is 2.07. The zero-order valence-corrected chi connectivity index (χ0v) is 13.5. The van der Waals surface area contributed by atoms with Crippen LogP contribution in [0.1, 0.15) is 17.5 Å². The molecular formula is C17H13Cl3O. The van der Waals surface area contributed by atoms with E-state index in [0.29, 0.717) is 34.7 Å². The van der Waals surface area contributed by atoms with E-state index in [1.807, 2.05) is 24.3 Å². The van der Waals surface area contributed by atoms with Crippen molar-refractivity contribution < 1.29 is 4.74 Å². The van der Waals surface area contributed by atoms with E-state index in [2.05, 4.69) is 11.8 Å². The molecule has 0 N–H and O–H groups in total. The van der Waals surface area contributed by atoms with Crippen LogP contribution in [0.3, 0.4) is 0 Å². The molecule has 1 nitrogen and oxygen atoms in total. The van der Waals surface area contributed by atoms with Gasteiger partial charge < -0.3 is 4.74 Å². The molecule has 0 fully saturated rings. The molecule has 21 heavy (non-hydrogen) atoms. The molecule has 0 aliphatic carbocycles. The van der Waals surface area contributed by atoms with Gasteiger partial charge in [0.05, 0.1) is 5.56 Å². The first kappa shape index (κ1) is 16.0. The summed E-state index contributed by atoms with van der Waals surface area (Å²) in [4.78, 5) is 0. The highest BCUT2D eigenvalue weighted by atomic mass is 35.5. The van der Waals surface area contributed by atoms with Gasteiger partial charge >= 0.3 is 0 Å². The van der Waals surface area contributed by atoms with E-state index in [1.165, 1.54) is 0 Å². The number of benzene rings is 2. The standard InChI is InChI=1S/C17H13Cl3O/c18-11-4-3-7-13-6-1-2-10-17(13)21-12-14-15(19)8-5-9-16(14)20/h1-2,5-6,8-10H,4,11-12H2. The van der Waals surface area contributed by atoms with E-state index in [1.54, 1.807) is 18.2 Å². The van der Waals surface area contributed by atoms with Gasteiger partial charge in [0.25, 0.3) is 0 Å². The van der Waals surface area contributed by atoms with Crippen molar-refractivity contribution in [3.63, 3.8) is 0 Å². The number of ether oxygens (including phenoxy) is 1. The third kappa shape index (κ3) is 4.58. The quantitative estimate of drug-likeness (QED) is 0.524. The minimum absolute atomic E-state index is 0.298. The molecule has 0 radical (unpaired) electrons. The minimum Gasteiger partial charge on any atom is -0.487 e. The predicted octanol–water partition coefficient (Wildman–Crippen LogP) is 5.55. The van der Waals surface area contributed by atoms with Crippen molar-refractivity contribution in [2.45, 2.75) is 13.0 Å². The molecule has 0 amide bonds. The molecule has 0 aliphatic heterocycles. The Bertz CT molecular complexity index is 651. The van der Waals surface area contributed by atoms with Crippen LogP contribution in [0.15, 0.2) is 42.5 Å². The van der Waals surface area contributed by atoms with Crippen molar-refractivity contribution in [3.8, 4) is 17.6 Å². The van der Waals surface area contributed by atoms with Crippen LogP contribution in [0.2, 0.25) is 10.0 Å². The molecule has 4 heteroatoms. The van der Waals surface area contributed by atoms with Crippen molar-refractivity contribution in [3.05, 3.63) is 63.6 Å². The molecule has 2 aromatic rings. The Balaban J connectivity index is 2.16. The number of hydrogen-bond donors (Lipinski definition) is 0. The van der Waals surface area contributed by atoms with Crippen LogP contribution >= 0.6 is 34.8 Å². The molecule has 0 heterocycles. The van der Waals surface area contributed by atoms with Gasteiger partial charge in [0.1, 0.15) is 12.4 Å². The van der Waals surface area contributed by atoms with Crippen LogP contribution in [-0.4, -0.2) is 5.88 Å². The lowest BCUT2D eigenvalue weighted by Gasteiger charge is -2.10. The van der Waals surface area contributed by atoms with Gasteiger partial charge in [-0.2, -0.15) is 0 Å². The number of halogens is 3. The number of rotatable bonds is 4. The first-order valence-corrected chi connectivity index (χ1v) is 7.71. The van der Waals surface area contributed by atoms with E-state index in [4.69, 9.17) is 39.5 Å². The lowest BCUT2D eigenvalue weighted by atomic mass is 10.2. The fraction of sp³-hybridized carbons (Fsp3) is 0.176. The minimum atomic E-state index is 0.298. The predicted molar refractivity (Wildman–Crippen MR) is 89.5 cm³/mol. The average molecular weight is 340 g/mol. The molecule has 2 rings (SSSR count). The Hall–Kier alpha value is -1.33. The normalized spacial score (nSPS) is 9.86. The van der Waals surface area contributed by atoms with E-state index in [0.717, 1.165) is 11.1 Å². The Morgan fingerprint density at radius 1 is 0.952 bits per heavy atom. The Morgan fingerprint density at radius 2 is 1.67 bits per heavy atom. The lowest BCUT2D eigenvalue weighted by molar-refractivity contribution is 0.305. The van der Waals surface area contributed by atoms with E-state index >= 15 is 0 Å². The highest BCUT2D eigenvalue weighted by molar-refractivity contribution is 6.35. The SMILES string of the molecule is ClCCC#Cc1ccccc1OCc1c(Cl)cccc1Cl. The maximum absolute atomic E-state index is 6.13. The molecule has 0 saturated carbocycles. The lowest BCUT2D eigenvalue weighted by Crippen LogP contribution is -1.99. The van der Waals surface area contributed by atoms with Gasteiger partial charge in [0, 0.05) is 27.9 Å². The van der Waals surface area contributed by atoms with Crippen molar-refractivity contribution in [2.24, 2.45) is 0 Å². The number of para-hydroxylation sites is 1. The second kappa shape index (κ2) is 8.20. The van der Waals surface area contributed by atoms with E-state index < -0.39 is 0 Å². The molecule has 0 spiro atoms. The molecule has 0 aromatic heterocycles. The number of alkyl halides is 1. The van der Waals surface area contributed by atoms with Crippen LogP contribution in [0.5, 0.6) is 5.75 Å². The largest absolute Gasteiger partial charge is 0.487 e. The summed E-state index contributed by atoms with van der Waals surface area (Å²) in [7, 11) is 0. The summed E-state index contributed by atoms with van der Waals surface area (Å²) >= 11 is 17.9. The molecule has 0 atom stereocenters. The van der Waals surface area contributed by atoms with E-state index in [9.17, 15) is 0 Å². The summed E-state index contributed by atoms with van der Waals surface area (Å²) in [5.41, 5.74) is 1.59. The maximum Gasteiger partial charge on any atom is 0.135 e. The number of hydrogen-bond acceptors (Lipinski definition) is 1. The summed E-state index contributed by atoms with van der Waals surface area (Å²) in [5, 5.41) is 1.18. The maximum atomic E-state index is 6.13. The molecule has 0 aliphatic rings. The van der Waals surface area contributed by atoms with Crippen molar-refractivity contribution in [1.82, 2.24) is 0 Å².